The van der Waals surface area contributed by atoms with Crippen molar-refractivity contribution in [1.29, 1.82) is 0 Å². The number of para-hydroxylation sites is 2. The van der Waals surface area contributed by atoms with Crippen LogP contribution in [0.15, 0.2) is 53.5 Å². The first-order valence-corrected chi connectivity index (χ1v) is 8.97. The van der Waals surface area contributed by atoms with E-state index in [-0.39, 0.29) is 24.2 Å². The van der Waals surface area contributed by atoms with E-state index >= 15 is 0 Å². The number of carbonyl (C=O) groups is 2. The van der Waals surface area contributed by atoms with Crippen LogP contribution in [0.3, 0.4) is 0 Å². The summed E-state index contributed by atoms with van der Waals surface area (Å²) in [7, 11) is 0. The van der Waals surface area contributed by atoms with Crippen LogP contribution in [0.5, 0.6) is 0 Å². The number of Topliss-reactive ketones (excluding diaryl/α,β-unsaturated/α-hetero) is 1. The van der Waals surface area contributed by atoms with Crippen LogP contribution in [-0.2, 0) is 4.79 Å². The summed E-state index contributed by atoms with van der Waals surface area (Å²) in [6, 6.07) is 14.6. The summed E-state index contributed by atoms with van der Waals surface area (Å²) in [5, 5.41) is 3.34. The summed E-state index contributed by atoms with van der Waals surface area (Å²) in [5.74, 6) is -0.296. The standard InChI is InChI=1S/C20H18ClN3O2/c21-15-6-2-4-8-18(15)23-19(25)12-24-10-9-17-14(11-24)20(26)13-5-1-3-7-16(13)22-17/h1-8,14H,9-12H2,(H,23,25). The lowest BCUT2D eigenvalue weighted by Crippen LogP contribution is -2.47. The molecule has 2 aliphatic heterocycles. The third-order valence-electron chi connectivity index (χ3n) is 4.79. The third-order valence-corrected chi connectivity index (χ3v) is 5.12. The highest BCUT2D eigenvalue weighted by Crippen LogP contribution is 2.32. The Morgan fingerprint density at radius 2 is 1.96 bits per heavy atom. The summed E-state index contributed by atoms with van der Waals surface area (Å²) in [5.41, 5.74) is 2.95. The molecule has 1 N–H and O–H groups in total. The molecule has 1 fully saturated rings. The van der Waals surface area contributed by atoms with E-state index < -0.39 is 0 Å². The molecule has 1 amide bonds. The first-order valence-electron chi connectivity index (χ1n) is 8.59. The molecular weight excluding hydrogens is 350 g/mol. The normalized spacial score (nSPS) is 19.3. The second-order valence-corrected chi connectivity index (χ2v) is 6.96. The Morgan fingerprint density at radius 1 is 1.19 bits per heavy atom. The van der Waals surface area contributed by atoms with Crippen LogP contribution in [0, 0.1) is 5.92 Å². The highest BCUT2D eigenvalue weighted by molar-refractivity contribution is 6.33. The summed E-state index contributed by atoms with van der Waals surface area (Å²) < 4.78 is 0. The zero-order valence-electron chi connectivity index (χ0n) is 14.1. The smallest absolute Gasteiger partial charge is 0.238 e. The Balaban J connectivity index is 1.44. The van der Waals surface area contributed by atoms with Gasteiger partial charge in [-0.1, -0.05) is 35.9 Å². The molecule has 5 nitrogen and oxygen atoms in total. The highest BCUT2D eigenvalue weighted by Gasteiger charge is 2.36. The number of benzene rings is 2. The van der Waals surface area contributed by atoms with Gasteiger partial charge in [0.2, 0.25) is 5.91 Å². The van der Waals surface area contributed by atoms with Crippen molar-refractivity contribution in [2.45, 2.75) is 6.42 Å². The number of amides is 1. The van der Waals surface area contributed by atoms with Crippen LogP contribution < -0.4 is 5.32 Å². The lowest BCUT2D eigenvalue weighted by Gasteiger charge is -2.34. The zero-order valence-corrected chi connectivity index (χ0v) is 14.9. The number of piperidine rings is 1. The molecule has 2 heterocycles. The molecule has 0 aromatic heterocycles. The van der Waals surface area contributed by atoms with E-state index in [2.05, 4.69) is 10.3 Å². The van der Waals surface area contributed by atoms with E-state index in [1.54, 1.807) is 12.1 Å². The summed E-state index contributed by atoms with van der Waals surface area (Å²) >= 11 is 6.08. The molecule has 0 spiro atoms. The topological polar surface area (TPSA) is 61.8 Å². The van der Waals surface area contributed by atoms with Gasteiger partial charge in [0.1, 0.15) is 0 Å². The van der Waals surface area contributed by atoms with E-state index in [0.717, 1.165) is 11.4 Å². The second-order valence-electron chi connectivity index (χ2n) is 6.55. The monoisotopic (exact) mass is 367 g/mol. The lowest BCUT2D eigenvalue weighted by atomic mass is 9.85. The fraction of sp³-hybridized carbons (Fsp3) is 0.250. The van der Waals surface area contributed by atoms with Gasteiger partial charge >= 0.3 is 0 Å². The number of nitrogens with zero attached hydrogens (tertiary/aromatic N) is 2. The van der Waals surface area contributed by atoms with E-state index in [0.29, 0.717) is 35.8 Å². The molecule has 0 bridgehead atoms. The van der Waals surface area contributed by atoms with Crippen molar-refractivity contribution in [2.24, 2.45) is 10.9 Å². The molecule has 1 unspecified atom stereocenters. The Kier molecular flexibility index (Phi) is 4.57. The fourth-order valence-corrected chi connectivity index (χ4v) is 3.67. The van der Waals surface area contributed by atoms with Crippen molar-refractivity contribution in [3.05, 3.63) is 59.1 Å². The first-order chi connectivity index (χ1) is 12.6. The van der Waals surface area contributed by atoms with Gasteiger partial charge in [-0.25, -0.2) is 0 Å². The molecule has 2 aromatic rings. The molecule has 1 saturated heterocycles. The van der Waals surface area contributed by atoms with Crippen molar-refractivity contribution in [3.8, 4) is 0 Å². The van der Waals surface area contributed by atoms with Crippen LogP contribution >= 0.6 is 11.6 Å². The molecule has 6 heteroatoms. The Labute approximate surface area is 156 Å². The van der Waals surface area contributed by atoms with Crippen LogP contribution in [0.25, 0.3) is 0 Å². The Morgan fingerprint density at radius 3 is 2.81 bits per heavy atom. The molecule has 2 aromatic carbocycles. The molecule has 4 rings (SSSR count). The molecule has 0 radical (unpaired) electrons. The van der Waals surface area contributed by atoms with Gasteiger partial charge in [0.25, 0.3) is 0 Å². The average Bonchev–Trinajstić information content (AvgIpc) is 2.64. The Bertz CT molecular complexity index is 909. The number of nitrogens with one attached hydrogen (secondary N) is 1. The predicted molar refractivity (Wildman–Crippen MR) is 102 cm³/mol. The van der Waals surface area contributed by atoms with Gasteiger partial charge in [-0.15, -0.1) is 0 Å². The van der Waals surface area contributed by atoms with Crippen LogP contribution in [0.2, 0.25) is 5.02 Å². The number of ketones is 1. The van der Waals surface area contributed by atoms with Crippen LogP contribution in [0.1, 0.15) is 16.8 Å². The molecule has 1 atom stereocenters. The minimum absolute atomic E-state index is 0.0989. The maximum Gasteiger partial charge on any atom is 0.238 e. The van der Waals surface area contributed by atoms with E-state index in [9.17, 15) is 9.59 Å². The quantitative estimate of drug-likeness (QED) is 0.902. The van der Waals surface area contributed by atoms with Gasteiger partial charge in [-0.2, -0.15) is 0 Å². The first kappa shape index (κ1) is 16.9. The number of rotatable bonds is 3. The SMILES string of the molecule is O=C(CN1CCC2=Nc3ccccc3C(=O)C2C1)Nc1ccccc1Cl. The highest BCUT2D eigenvalue weighted by atomic mass is 35.5. The van der Waals surface area contributed by atoms with Gasteiger partial charge in [0.05, 0.1) is 28.9 Å². The lowest BCUT2D eigenvalue weighted by molar-refractivity contribution is -0.117. The van der Waals surface area contributed by atoms with Crippen LogP contribution in [-0.4, -0.2) is 41.9 Å². The van der Waals surface area contributed by atoms with Gasteiger partial charge < -0.3 is 5.32 Å². The van der Waals surface area contributed by atoms with Crippen molar-refractivity contribution >= 4 is 40.4 Å². The summed E-state index contributed by atoms with van der Waals surface area (Å²) in [6.07, 6.45) is 0.699. The Hall–Kier alpha value is -2.50. The number of carbonyl (C=O) groups excluding carboxylic acids is 2. The van der Waals surface area contributed by atoms with Crippen molar-refractivity contribution < 1.29 is 9.59 Å². The molecule has 0 saturated carbocycles. The summed E-state index contributed by atoms with van der Waals surface area (Å²) in [4.78, 5) is 31.8. The number of fused-ring (bicyclic) bond motifs is 2. The van der Waals surface area contributed by atoms with Crippen molar-refractivity contribution in [1.82, 2.24) is 4.90 Å². The minimum Gasteiger partial charge on any atom is -0.324 e. The molecular formula is C20H18ClN3O2. The molecule has 26 heavy (non-hydrogen) atoms. The molecule has 132 valence electrons. The van der Waals surface area contributed by atoms with Gasteiger partial charge in [-0.05, 0) is 30.7 Å². The van der Waals surface area contributed by atoms with E-state index in [1.807, 2.05) is 41.3 Å². The number of hydrogen-bond acceptors (Lipinski definition) is 4. The number of hydrogen-bond donors (Lipinski definition) is 1. The summed E-state index contributed by atoms with van der Waals surface area (Å²) in [6.45, 7) is 1.45. The van der Waals surface area contributed by atoms with Crippen molar-refractivity contribution in [3.63, 3.8) is 0 Å². The van der Waals surface area contributed by atoms with Crippen molar-refractivity contribution in [2.75, 3.05) is 25.0 Å². The number of anilines is 1. The molecule has 2 aliphatic rings. The van der Waals surface area contributed by atoms with E-state index in [1.165, 1.54) is 0 Å². The number of halogens is 1. The number of aliphatic imine (C=N–C) groups is 1. The number of likely N-dealkylation sites (tertiary alicyclic amines) is 1. The average molecular weight is 368 g/mol. The van der Waals surface area contributed by atoms with E-state index in [4.69, 9.17) is 11.6 Å². The predicted octanol–water partition coefficient (Wildman–Crippen LogP) is 3.57. The second kappa shape index (κ2) is 7.02. The van der Waals surface area contributed by atoms with Gasteiger partial charge in [0, 0.05) is 24.4 Å². The van der Waals surface area contributed by atoms with Gasteiger partial charge in [0.15, 0.2) is 5.78 Å². The molecule has 0 aliphatic carbocycles. The minimum atomic E-state index is -0.258. The van der Waals surface area contributed by atoms with Crippen LogP contribution in [0.4, 0.5) is 11.4 Å². The maximum atomic E-state index is 12.8. The zero-order chi connectivity index (χ0) is 18.1. The third kappa shape index (κ3) is 3.28. The fourth-order valence-electron chi connectivity index (χ4n) is 3.49. The maximum absolute atomic E-state index is 12.8. The van der Waals surface area contributed by atoms with Gasteiger partial charge in [-0.3, -0.25) is 19.5 Å². The largest absolute Gasteiger partial charge is 0.324 e.